The maximum absolute atomic E-state index is 11.4. The van der Waals surface area contributed by atoms with E-state index in [4.69, 9.17) is 5.11 Å². The van der Waals surface area contributed by atoms with Crippen LogP contribution in [0.2, 0.25) is 0 Å². The number of aliphatic carboxylic acids is 1. The maximum Gasteiger partial charge on any atom is 0.318 e. The minimum atomic E-state index is -1.34. The molecule has 0 aliphatic rings. The van der Waals surface area contributed by atoms with E-state index >= 15 is 0 Å². The molecular weight excluding hydrogens is 204 g/mol. The highest BCUT2D eigenvalue weighted by Crippen LogP contribution is 1.97. The summed E-state index contributed by atoms with van der Waals surface area (Å²) in [5.74, 6) is -0.710. The van der Waals surface area contributed by atoms with Crippen LogP contribution in [0.1, 0.15) is 6.92 Å². The normalized spacial score (nSPS) is 14.9. The van der Waals surface area contributed by atoms with Crippen LogP contribution in [0.4, 0.5) is 0 Å². The first-order valence-electron chi connectivity index (χ1n) is 4.18. The molecule has 0 aromatic carbocycles. The molecule has 0 aliphatic heterocycles. The third-order valence-electron chi connectivity index (χ3n) is 1.82. The molecule has 0 amide bonds. The first-order valence-corrected chi connectivity index (χ1v) is 5.57. The molecule has 0 saturated heterocycles. The van der Waals surface area contributed by atoms with Crippen molar-refractivity contribution in [2.45, 2.75) is 18.7 Å². The van der Waals surface area contributed by atoms with E-state index < -0.39 is 22.0 Å². The molecule has 0 bridgehead atoms. The standard InChI is InChI=1S/C8H12N2O3S/c1-7(8(11)12)14(13)6-5-10-4-2-3-9-10/h2-4,7H,5-6H2,1H3,(H,11,12). The Bertz CT molecular complexity index is 323. The summed E-state index contributed by atoms with van der Waals surface area (Å²) in [6.45, 7) is 1.93. The molecule has 5 nitrogen and oxygen atoms in total. The van der Waals surface area contributed by atoms with Crippen molar-refractivity contribution >= 4 is 16.8 Å². The lowest BCUT2D eigenvalue weighted by Gasteiger charge is -2.06. The highest BCUT2D eigenvalue weighted by atomic mass is 32.2. The molecule has 0 aliphatic carbocycles. The lowest BCUT2D eigenvalue weighted by atomic mass is 10.5. The Hall–Kier alpha value is -1.17. The molecule has 0 fully saturated rings. The largest absolute Gasteiger partial charge is 0.480 e. The minimum Gasteiger partial charge on any atom is -0.480 e. The second-order valence-corrected chi connectivity index (χ2v) is 4.71. The van der Waals surface area contributed by atoms with Crippen LogP contribution in [0.3, 0.4) is 0 Å². The van der Waals surface area contributed by atoms with Crippen molar-refractivity contribution in [1.82, 2.24) is 9.78 Å². The van der Waals surface area contributed by atoms with Crippen molar-refractivity contribution in [2.24, 2.45) is 0 Å². The number of hydrogen-bond acceptors (Lipinski definition) is 3. The number of carbonyl (C=O) groups is 1. The third-order valence-corrected chi connectivity index (χ3v) is 3.40. The van der Waals surface area contributed by atoms with E-state index in [1.54, 1.807) is 23.1 Å². The van der Waals surface area contributed by atoms with Crippen LogP contribution < -0.4 is 0 Å². The van der Waals surface area contributed by atoms with Crippen LogP contribution in [-0.2, 0) is 22.1 Å². The summed E-state index contributed by atoms with van der Waals surface area (Å²) in [5, 5.41) is 11.7. The average Bonchev–Trinajstić information content (AvgIpc) is 2.65. The Balaban J connectivity index is 2.39. The Morgan fingerprint density at radius 1 is 1.71 bits per heavy atom. The topological polar surface area (TPSA) is 72.2 Å². The predicted octanol–water partition coefficient (Wildman–Crippen LogP) is 0.105. The number of aryl methyl sites for hydroxylation is 1. The van der Waals surface area contributed by atoms with Crippen molar-refractivity contribution in [2.75, 3.05) is 5.75 Å². The highest BCUT2D eigenvalue weighted by molar-refractivity contribution is 7.86. The summed E-state index contributed by atoms with van der Waals surface area (Å²) in [7, 11) is -1.34. The van der Waals surface area contributed by atoms with Gasteiger partial charge in [-0.1, -0.05) is 0 Å². The molecule has 1 aromatic heterocycles. The van der Waals surface area contributed by atoms with Gasteiger partial charge < -0.3 is 5.11 Å². The maximum atomic E-state index is 11.4. The van der Waals surface area contributed by atoms with Crippen LogP contribution in [-0.4, -0.2) is 36.1 Å². The second kappa shape index (κ2) is 4.90. The molecule has 1 N–H and O–H groups in total. The van der Waals surface area contributed by atoms with Gasteiger partial charge in [0.05, 0.1) is 6.54 Å². The Morgan fingerprint density at radius 3 is 2.93 bits per heavy atom. The molecule has 78 valence electrons. The Labute approximate surface area is 84.2 Å². The number of carboxylic acid groups (broad SMARTS) is 1. The molecular formula is C8H12N2O3S. The lowest BCUT2D eigenvalue weighted by Crippen LogP contribution is -2.25. The van der Waals surface area contributed by atoms with Gasteiger partial charge in [0.15, 0.2) is 0 Å². The summed E-state index contributed by atoms with van der Waals surface area (Å²) >= 11 is 0. The zero-order chi connectivity index (χ0) is 10.6. The van der Waals surface area contributed by atoms with Crippen molar-refractivity contribution in [3.05, 3.63) is 18.5 Å². The van der Waals surface area contributed by atoms with E-state index in [1.165, 1.54) is 6.92 Å². The van der Waals surface area contributed by atoms with E-state index in [1.807, 2.05) is 0 Å². The predicted molar refractivity (Wildman–Crippen MR) is 52.3 cm³/mol. The van der Waals surface area contributed by atoms with Gasteiger partial charge in [-0.15, -0.1) is 0 Å². The molecule has 0 saturated carbocycles. The summed E-state index contributed by atoms with van der Waals surface area (Å²) in [4.78, 5) is 10.5. The monoisotopic (exact) mass is 216 g/mol. The molecule has 0 radical (unpaired) electrons. The fourth-order valence-electron chi connectivity index (χ4n) is 0.905. The number of aromatic nitrogens is 2. The summed E-state index contributed by atoms with van der Waals surface area (Å²) < 4.78 is 13.0. The van der Waals surface area contributed by atoms with E-state index in [-0.39, 0.29) is 0 Å². The molecule has 6 heteroatoms. The van der Waals surface area contributed by atoms with Gasteiger partial charge >= 0.3 is 5.97 Å². The van der Waals surface area contributed by atoms with E-state index in [9.17, 15) is 9.00 Å². The van der Waals surface area contributed by atoms with Crippen molar-refractivity contribution in [3.8, 4) is 0 Å². The van der Waals surface area contributed by atoms with E-state index in [0.29, 0.717) is 12.3 Å². The van der Waals surface area contributed by atoms with Gasteiger partial charge in [0.2, 0.25) is 0 Å². The zero-order valence-corrected chi connectivity index (χ0v) is 8.61. The molecule has 1 heterocycles. The van der Waals surface area contributed by atoms with Crippen molar-refractivity contribution in [1.29, 1.82) is 0 Å². The summed E-state index contributed by atoms with van der Waals surface area (Å²) in [5.41, 5.74) is 0. The Kier molecular flexibility index (Phi) is 3.82. The highest BCUT2D eigenvalue weighted by Gasteiger charge is 2.18. The van der Waals surface area contributed by atoms with Crippen LogP contribution in [0.15, 0.2) is 18.5 Å². The first kappa shape index (κ1) is 10.9. The molecule has 1 aromatic rings. The Morgan fingerprint density at radius 2 is 2.43 bits per heavy atom. The van der Waals surface area contributed by atoms with Crippen molar-refractivity contribution < 1.29 is 14.1 Å². The van der Waals surface area contributed by atoms with Gasteiger partial charge in [0, 0.05) is 28.9 Å². The average molecular weight is 216 g/mol. The first-order chi connectivity index (χ1) is 6.61. The van der Waals surface area contributed by atoms with Gasteiger partial charge in [-0.25, -0.2) is 0 Å². The molecule has 2 atom stereocenters. The van der Waals surface area contributed by atoms with Gasteiger partial charge in [0.1, 0.15) is 5.25 Å². The van der Waals surface area contributed by atoms with Gasteiger partial charge in [0.25, 0.3) is 0 Å². The molecule has 1 rings (SSSR count). The van der Waals surface area contributed by atoms with Gasteiger partial charge in [-0.05, 0) is 13.0 Å². The smallest absolute Gasteiger partial charge is 0.318 e. The molecule has 2 unspecified atom stereocenters. The third kappa shape index (κ3) is 2.95. The van der Waals surface area contributed by atoms with E-state index in [0.717, 1.165) is 0 Å². The van der Waals surface area contributed by atoms with Crippen LogP contribution in [0.25, 0.3) is 0 Å². The fourth-order valence-corrected chi connectivity index (χ4v) is 1.85. The SMILES string of the molecule is CC(C(=O)O)S(=O)CCn1cccn1. The molecule has 14 heavy (non-hydrogen) atoms. The minimum absolute atomic E-state index is 0.315. The van der Waals surface area contributed by atoms with Crippen LogP contribution in [0.5, 0.6) is 0 Å². The summed E-state index contributed by atoms with van der Waals surface area (Å²) in [6, 6.07) is 1.77. The van der Waals surface area contributed by atoms with Crippen LogP contribution >= 0.6 is 0 Å². The fraction of sp³-hybridized carbons (Fsp3) is 0.500. The quantitative estimate of drug-likeness (QED) is 0.758. The number of hydrogen-bond donors (Lipinski definition) is 1. The zero-order valence-electron chi connectivity index (χ0n) is 7.79. The van der Waals surface area contributed by atoms with Crippen LogP contribution in [0, 0.1) is 0 Å². The van der Waals surface area contributed by atoms with Gasteiger partial charge in [-0.3, -0.25) is 13.7 Å². The number of nitrogens with zero attached hydrogens (tertiary/aromatic N) is 2. The number of rotatable bonds is 5. The summed E-state index contributed by atoms with van der Waals surface area (Å²) in [6.07, 6.45) is 3.38. The van der Waals surface area contributed by atoms with Crippen molar-refractivity contribution in [3.63, 3.8) is 0 Å². The lowest BCUT2D eigenvalue weighted by molar-refractivity contribution is -0.136. The number of carboxylic acids is 1. The van der Waals surface area contributed by atoms with E-state index in [2.05, 4.69) is 5.10 Å². The molecule has 0 spiro atoms. The second-order valence-electron chi connectivity index (χ2n) is 2.83. The van der Waals surface area contributed by atoms with Gasteiger partial charge in [-0.2, -0.15) is 5.10 Å².